The number of phenolic OH excluding ortho intramolecular Hbond substituents is 1. The van der Waals surface area contributed by atoms with Crippen LogP contribution >= 0.6 is 0 Å². The van der Waals surface area contributed by atoms with E-state index < -0.39 is 0 Å². The van der Waals surface area contributed by atoms with Crippen LogP contribution in [0.15, 0.2) is 54.6 Å². The summed E-state index contributed by atoms with van der Waals surface area (Å²) < 4.78 is 0. The zero-order valence-corrected chi connectivity index (χ0v) is 9.14. The van der Waals surface area contributed by atoms with E-state index in [2.05, 4.69) is 38.1 Å². The van der Waals surface area contributed by atoms with Gasteiger partial charge in [-0.3, -0.25) is 0 Å². The Morgan fingerprint density at radius 1 is 0.688 bits per heavy atom. The van der Waals surface area contributed by atoms with E-state index in [9.17, 15) is 0 Å². The lowest BCUT2D eigenvalue weighted by molar-refractivity contribution is 0.475. The van der Waals surface area contributed by atoms with Crippen molar-refractivity contribution in [2.24, 2.45) is 0 Å². The van der Waals surface area contributed by atoms with Gasteiger partial charge >= 0.3 is 0 Å². The van der Waals surface area contributed by atoms with Crippen LogP contribution in [0.2, 0.25) is 0 Å². The van der Waals surface area contributed by atoms with E-state index in [0.29, 0.717) is 5.75 Å². The molecule has 84 valence electrons. The minimum absolute atomic E-state index is 0. The first-order valence-electron chi connectivity index (χ1n) is 4.96. The molecular formula is C14H19BO. The summed E-state index contributed by atoms with van der Waals surface area (Å²) in [4.78, 5) is 0. The summed E-state index contributed by atoms with van der Waals surface area (Å²) in [6.45, 7) is 4.24. The minimum atomic E-state index is 0. The Balaban J connectivity index is 0.000000267. The first-order chi connectivity index (χ1) is 7.20. The van der Waals surface area contributed by atoms with Crippen LogP contribution in [0.1, 0.15) is 11.1 Å². The van der Waals surface area contributed by atoms with Gasteiger partial charge in [-0.15, -0.1) is 0 Å². The fraction of sp³-hybridized carbons (Fsp3) is 0.143. The molecule has 0 amide bonds. The van der Waals surface area contributed by atoms with Crippen molar-refractivity contribution in [2.75, 3.05) is 0 Å². The van der Waals surface area contributed by atoms with Gasteiger partial charge in [-0.2, -0.15) is 0 Å². The maximum absolute atomic E-state index is 8.63. The minimum Gasteiger partial charge on any atom is -0.508 e. The van der Waals surface area contributed by atoms with Crippen LogP contribution in [0.5, 0.6) is 5.75 Å². The molecule has 0 fully saturated rings. The fourth-order valence-corrected chi connectivity index (χ4v) is 1.09. The molecule has 0 unspecified atom stereocenters. The molecule has 1 nitrogen and oxygen atoms in total. The van der Waals surface area contributed by atoms with E-state index in [1.165, 1.54) is 11.1 Å². The zero-order valence-electron chi connectivity index (χ0n) is 9.14. The average Bonchev–Trinajstić information content (AvgIpc) is 2.25. The second-order valence-electron chi connectivity index (χ2n) is 3.42. The monoisotopic (exact) mass is 214 g/mol. The van der Waals surface area contributed by atoms with Crippen LogP contribution in [-0.4, -0.2) is 13.5 Å². The molecule has 1 N–H and O–H groups in total. The largest absolute Gasteiger partial charge is 0.508 e. The molecular weight excluding hydrogens is 195 g/mol. The molecule has 0 radical (unpaired) electrons. The maximum Gasteiger partial charge on any atom is 0.115 e. The van der Waals surface area contributed by atoms with Crippen LogP contribution in [0.3, 0.4) is 0 Å². The molecule has 0 atom stereocenters. The smallest absolute Gasteiger partial charge is 0.115 e. The number of para-hydroxylation sites is 1. The second-order valence-corrected chi connectivity index (χ2v) is 3.42. The van der Waals surface area contributed by atoms with Crippen LogP contribution in [0.4, 0.5) is 0 Å². The van der Waals surface area contributed by atoms with Gasteiger partial charge in [0.15, 0.2) is 0 Å². The van der Waals surface area contributed by atoms with E-state index in [1.54, 1.807) is 24.3 Å². The highest BCUT2D eigenvalue weighted by atomic mass is 16.3. The second kappa shape index (κ2) is 7.58. The number of benzene rings is 2. The summed E-state index contributed by atoms with van der Waals surface area (Å²) >= 11 is 0. The van der Waals surface area contributed by atoms with Gasteiger partial charge in [0.05, 0.1) is 8.41 Å². The number of aryl methyl sites for hydroxylation is 2. The van der Waals surface area contributed by atoms with Gasteiger partial charge in [-0.1, -0.05) is 42.5 Å². The summed E-state index contributed by atoms with van der Waals surface area (Å²) in [5, 5.41) is 8.63. The van der Waals surface area contributed by atoms with Crippen LogP contribution < -0.4 is 0 Å². The number of aromatic hydroxyl groups is 1. The van der Waals surface area contributed by atoms with Gasteiger partial charge in [0.1, 0.15) is 5.75 Å². The van der Waals surface area contributed by atoms with Crippen molar-refractivity contribution < 1.29 is 5.11 Å². The molecule has 16 heavy (non-hydrogen) atoms. The van der Waals surface area contributed by atoms with E-state index >= 15 is 0 Å². The predicted octanol–water partition coefficient (Wildman–Crippen LogP) is 2.51. The van der Waals surface area contributed by atoms with Crippen LogP contribution in [0, 0.1) is 13.8 Å². The third-order valence-electron chi connectivity index (χ3n) is 2.18. The number of hydrogen-bond donors (Lipinski definition) is 1. The lowest BCUT2D eigenvalue weighted by atomic mass is 10.1. The molecule has 2 rings (SSSR count). The first kappa shape index (κ1) is 14.3. The van der Waals surface area contributed by atoms with Gasteiger partial charge in [0.2, 0.25) is 0 Å². The molecule has 2 aromatic rings. The highest BCUT2D eigenvalue weighted by Gasteiger charge is 1.83. The van der Waals surface area contributed by atoms with Gasteiger partial charge in [0, 0.05) is 0 Å². The Hall–Kier alpha value is -1.70. The molecule has 0 aliphatic heterocycles. The van der Waals surface area contributed by atoms with Crippen molar-refractivity contribution in [1.82, 2.24) is 0 Å². The molecule has 2 aromatic carbocycles. The number of rotatable bonds is 0. The van der Waals surface area contributed by atoms with Gasteiger partial charge in [-0.05, 0) is 37.1 Å². The molecule has 2 heteroatoms. The van der Waals surface area contributed by atoms with E-state index in [0.717, 1.165) is 0 Å². The SMILES string of the molecule is B.Cc1ccccc1C.Oc1ccccc1. The highest BCUT2D eigenvalue weighted by molar-refractivity contribution is 5.75. The summed E-state index contributed by atoms with van der Waals surface area (Å²) in [7, 11) is 0. The average molecular weight is 214 g/mol. The third kappa shape index (κ3) is 5.25. The molecule has 0 aromatic heterocycles. The Labute approximate surface area is 99.3 Å². The third-order valence-corrected chi connectivity index (χ3v) is 2.18. The molecule has 0 saturated carbocycles. The van der Waals surface area contributed by atoms with Crippen molar-refractivity contribution in [3.8, 4) is 5.75 Å². The highest BCUT2D eigenvalue weighted by Crippen LogP contribution is 2.03. The van der Waals surface area contributed by atoms with Crippen LogP contribution in [0.25, 0.3) is 0 Å². The Bertz CT molecular complexity index is 377. The van der Waals surface area contributed by atoms with Crippen molar-refractivity contribution in [1.29, 1.82) is 0 Å². The summed E-state index contributed by atoms with van der Waals surface area (Å²) in [6, 6.07) is 17.1. The molecule has 0 aliphatic rings. The van der Waals surface area contributed by atoms with Crippen molar-refractivity contribution in [2.45, 2.75) is 13.8 Å². The van der Waals surface area contributed by atoms with Crippen molar-refractivity contribution in [3.63, 3.8) is 0 Å². The van der Waals surface area contributed by atoms with Crippen LogP contribution in [-0.2, 0) is 0 Å². The Morgan fingerprint density at radius 3 is 1.31 bits per heavy atom. The lowest BCUT2D eigenvalue weighted by Gasteiger charge is -1.93. The fourth-order valence-electron chi connectivity index (χ4n) is 1.09. The topological polar surface area (TPSA) is 20.2 Å². The summed E-state index contributed by atoms with van der Waals surface area (Å²) in [5.74, 6) is 0.322. The Kier molecular flexibility index (Phi) is 6.77. The van der Waals surface area contributed by atoms with Gasteiger partial charge < -0.3 is 5.11 Å². The zero-order chi connectivity index (χ0) is 11.1. The van der Waals surface area contributed by atoms with E-state index in [1.807, 2.05) is 6.07 Å². The summed E-state index contributed by atoms with van der Waals surface area (Å²) in [6.07, 6.45) is 0. The quantitative estimate of drug-likeness (QED) is 0.668. The maximum atomic E-state index is 8.63. The lowest BCUT2D eigenvalue weighted by Crippen LogP contribution is -1.74. The van der Waals surface area contributed by atoms with E-state index in [4.69, 9.17) is 5.11 Å². The first-order valence-corrected chi connectivity index (χ1v) is 4.96. The molecule has 0 heterocycles. The van der Waals surface area contributed by atoms with E-state index in [-0.39, 0.29) is 8.41 Å². The normalized spacial score (nSPS) is 8.38. The number of phenols is 1. The molecule has 0 aliphatic carbocycles. The van der Waals surface area contributed by atoms with Gasteiger partial charge in [0.25, 0.3) is 0 Å². The predicted molar refractivity (Wildman–Crippen MR) is 74.0 cm³/mol. The Morgan fingerprint density at radius 2 is 1.06 bits per heavy atom. The molecule has 0 saturated heterocycles. The van der Waals surface area contributed by atoms with Crippen molar-refractivity contribution in [3.05, 3.63) is 65.7 Å². The standard InChI is InChI=1S/C8H10.C6H6O.BH3/c1-7-5-3-4-6-8(7)2;7-6-4-2-1-3-5-6;/h3-6H,1-2H3;1-5,7H;1H3. The molecule has 0 bridgehead atoms. The molecule has 0 spiro atoms. The van der Waals surface area contributed by atoms with Crippen molar-refractivity contribution >= 4 is 8.41 Å². The van der Waals surface area contributed by atoms with Gasteiger partial charge in [-0.25, -0.2) is 0 Å². The summed E-state index contributed by atoms with van der Waals surface area (Å²) in [5.41, 5.74) is 2.74. The number of hydrogen-bond acceptors (Lipinski definition) is 1.